The van der Waals surface area contributed by atoms with E-state index in [-0.39, 0.29) is 0 Å². The molecule has 0 radical (unpaired) electrons. The predicted octanol–water partition coefficient (Wildman–Crippen LogP) is 1.83. The van der Waals surface area contributed by atoms with Crippen molar-refractivity contribution in [2.75, 3.05) is 13.1 Å². The fourth-order valence-corrected chi connectivity index (χ4v) is 1.93. The molecule has 0 aliphatic heterocycles. The van der Waals surface area contributed by atoms with Crippen molar-refractivity contribution in [1.82, 2.24) is 14.7 Å². The van der Waals surface area contributed by atoms with Gasteiger partial charge in [-0.2, -0.15) is 0 Å². The number of hydrogen-bond donors (Lipinski definition) is 2. The third kappa shape index (κ3) is 4.26. The second-order valence-corrected chi connectivity index (χ2v) is 5.32. The van der Waals surface area contributed by atoms with Crippen molar-refractivity contribution in [2.24, 2.45) is 16.6 Å². The highest BCUT2D eigenvalue weighted by atomic mass is 15.1. The van der Waals surface area contributed by atoms with Crippen LogP contribution in [0.15, 0.2) is 35.6 Å². The maximum Gasteiger partial charge on any atom is 0.188 e. The Morgan fingerprint density at radius 3 is 3.05 bits per heavy atom. The molecule has 3 N–H and O–H groups in total. The van der Waals surface area contributed by atoms with E-state index in [0.29, 0.717) is 11.9 Å². The quantitative estimate of drug-likeness (QED) is 0.623. The normalized spacial score (nSPS) is 12.2. The average Bonchev–Trinajstić information content (AvgIpc) is 2.80. The van der Waals surface area contributed by atoms with Gasteiger partial charge in [0.15, 0.2) is 5.96 Å². The molecule has 0 aliphatic rings. The summed E-state index contributed by atoms with van der Waals surface area (Å²) in [5, 5.41) is 3.13. The van der Waals surface area contributed by atoms with Crippen LogP contribution in [-0.4, -0.2) is 28.4 Å². The van der Waals surface area contributed by atoms with Gasteiger partial charge in [0.25, 0.3) is 0 Å². The van der Waals surface area contributed by atoms with E-state index < -0.39 is 0 Å². The monoisotopic (exact) mass is 273 g/mol. The number of imidazole rings is 1. The molecule has 0 amide bonds. The second-order valence-electron chi connectivity index (χ2n) is 5.32. The molecule has 0 aliphatic carbocycles. The Labute approximate surface area is 119 Å². The summed E-state index contributed by atoms with van der Waals surface area (Å²) in [6, 6.07) is 5.98. The third-order valence-electron chi connectivity index (χ3n) is 3.09. The van der Waals surface area contributed by atoms with Crippen LogP contribution in [0.25, 0.3) is 5.65 Å². The lowest BCUT2D eigenvalue weighted by atomic mass is 10.1. The van der Waals surface area contributed by atoms with Gasteiger partial charge in [0.05, 0.1) is 5.69 Å². The highest BCUT2D eigenvalue weighted by Gasteiger charge is 2.01. The number of aliphatic imine (C=N–C) groups is 1. The number of pyridine rings is 1. The van der Waals surface area contributed by atoms with Gasteiger partial charge in [-0.05, 0) is 24.5 Å². The van der Waals surface area contributed by atoms with Crippen molar-refractivity contribution in [3.8, 4) is 0 Å². The Bertz CT molecular complexity index is 537. The number of nitrogens with zero attached hydrogens (tertiary/aromatic N) is 3. The first kappa shape index (κ1) is 14.4. The standard InChI is InChI=1S/C15H23N5/c1-12(2)6-8-17-15(16)18-9-7-13-11-20-10-4-3-5-14(20)19-13/h3-5,10-12H,6-9H2,1-2H3,(H3,16,17,18). The zero-order valence-corrected chi connectivity index (χ0v) is 12.2. The molecule has 0 aromatic carbocycles. The van der Waals surface area contributed by atoms with E-state index in [9.17, 15) is 0 Å². The summed E-state index contributed by atoms with van der Waals surface area (Å²) in [5.41, 5.74) is 7.84. The first-order valence-corrected chi connectivity index (χ1v) is 7.11. The van der Waals surface area contributed by atoms with Gasteiger partial charge < -0.3 is 15.5 Å². The van der Waals surface area contributed by atoms with Gasteiger partial charge in [0.2, 0.25) is 0 Å². The molecule has 2 aromatic rings. The lowest BCUT2D eigenvalue weighted by molar-refractivity contribution is 0.595. The summed E-state index contributed by atoms with van der Waals surface area (Å²) in [6.45, 7) is 5.90. The average molecular weight is 273 g/mol. The number of hydrogen-bond acceptors (Lipinski definition) is 2. The van der Waals surface area contributed by atoms with Crippen molar-refractivity contribution in [1.29, 1.82) is 0 Å². The molecule has 5 heteroatoms. The van der Waals surface area contributed by atoms with Crippen LogP contribution in [0.1, 0.15) is 26.0 Å². The second kappa shape index (κ2) is 6.93. The van der Waals surface area contributed by atoms with Gasteiger partial charge in [-0.1, -0.05) is 19.9 Å². The number of rotatable bonds is 6. The van der Waals surface area contributed by atoms with Crippen molar-refractivity contribution >= 4 is 11.6 Å². The van der Waals surface area contributed by atoms with E-state index in [0.717, 1.165) is 37.3 Å². The predicted molar refractivity (Wildman–Crippen MR) is 82.8 cm³/mol. The van der Waals surface area contributed by atoms with Crippen LogP contribution in [0, 0.1) is 5.92 Å². The zero-order chi connectivity index (χ0) is 14.4. The van der Waals surface area contributed by atoms with E-state index in [1.165, 1.54) is 0 Å². The first-order chi connectivity index (χ1) is 9.65. The van der Waals surface area contributed by atoms with Crippen molar-refractivity contribution in [3.05, 3.63) is 36.3 Å². The molecule has 0 fully saturated rings. The molecular weight excluding hydrogens is 250 g/mol. The number of guanidine groups is 1. The van der Waals surface area contributed by atoms with Crippen molar-refractivity contribution in [3.63, 3.8) is 0 Å². The van der Waals surface area contributed by atoms with Crippen LogP contribution in [-0.2, 0) is 6.42 Å². The smallest absolute Gasteiger partial charge is 0.188 e. The van der Waals surface area contributed by atoms with E-state index in [2.05, 4.69) is 29.1 Å². The fraction of sp³-hybridized carbons (Fsp3) is 0.467. The molecule has 0 atom stereocenters. The maximum absolute atomic E-state index is 5.81. The van der Waals surface area contributed by atoms with Crippen molar-refractivity contribution in [2.45, 2.75) is 26.7 Å². The molecular formula is C15H23N5. The fourth-order valence-electron chi connectivity index (χ4n) is 1.93. The zero-order valence-electron chi connectivity index (χ0n) is 12.2. The Balaban J connectivity index is 1.77. The number of nitrogens with one attached hydrogen (secondary N) is 1. The highest BCUT2D eigenvalue weighted by molar-refractivity contribution is 5.77. The molecule has 2 aromatic heterocycles. The Kier molecular flexibility index (Phi) is 4.98. The number of aromatic nitrogens is 2. The van der Waals surface area contributed by atoms with Crippen LogP contribution < -0.4 is 11.1 Å². The molecule has 2 rings (SSSR count). The maximum atomic E-state index is 5.81. The minimum atomic E-state index is 0.523. The van der Waals surface area contributed by atoms with Crippen LogP contribution in [0.3, 0.4) is 0 Å². The minimum Gasteiger partial charge on any atom is -0.370 e. The highest BCUT2D eigenvalue weighted by Crippen LogP contribution is 2.04. The van der Waals surface area contributed by atoms with Crippen LogP contribution in [0.2, 0.25) is 0 Å². The Hall–Kier alpha value is -2.04. The third-order valence-corrected chi connectivity index (χ3v) is 3.09. The topological polar surface area (TPSA) is 67.7 Å². The molecule has 0 saturated heterocycles. The number of fused-ring (bicyclic) bond motifs is 1. The Morgan fingerprint density at radius 2 is 2.30 bits per heavy atom. The van der Waals surface area contributed by atoms with Gasteiger partial charge >= 0.3 is 0 Å². The van der Waals surface area contributed by atoms with Gasteiger partial charge in [0, 0.05) is 31.9 Å². The van der Waals surface area contributed by atoms with Gasteiger partial charge in [-0.3, -0.25) is 4.99 Å². The first-order valence-electron chi connectivity index (χ1n) is 7.11. The summed E-state index contributed by atoms with van der Waals surface area (Å²) in [7, 11) is 0. The molecule has 2 heterocycles. The van der Waals surface area contributed by atoms with E-state index in [1.807, 2.05) is 35.0 Å². The lowest BCUT2D eigenvalue weighted by Crippen LogP contribution is -2.33. The summed E-state index contributed by atoms with van der Waals surface area (Å²) in [4.78, 5) is 8.83. The van der Waals surface area contributed by atoms with Crippen LogP contribution >= 0.6 is 0 Å². The van der Waals surface area contributed by atoms with Gasteiger partial charge in [-0.25, -0.2) is 4.98 Å². The Morgan fingerprint density at radius 1 is 1.45 bits per heavy atom. The van der Waals surface area contributed by atoms with E-state index in [4.69, 9.17) is 5.73 Å². The lowest BCUT2D eigenvalue weighted by Gasteiger charge is -2.05. The molecule has 108 valence electrons. The molecule has 0 saturated carbocycles. The summed E-state index contributed by atoms with van der Waals surface area (Å²) < 4.78 is 2.02. The SMILES string of the molecule is CC(C)CCN=C(N)NCCc1cn2ccccc2n1. The molecule has 5 nitrogen and oxygen atoms in total. The molecule has 0 unspecified atom stereocenters. The summed E-state index contributed by atoms with van der Waals surface area (Å²) in [6.07, 6.45) is 5.95. The van der Waals surface area contributed by atoms with E-state index in [1.54, 1.807) is 0 Å². The van der Waals surface area contributed by atoms with Crippen molar-refractivity contribution < 1.29 is 0 Å². The summed E-state index contributed by atoms with van der Waals surface area (Å²) >= 11 is 0. The number of nitrogens with two attached hydrogens (primary N) is 1. The van der Waals surface area contributed by atoms with Gasteiger partial charge in [0.1, 0.15) is 5.65 Å². The molecule has 0 spiro atoms. The molecule has 20 heavy (non-hydrogen) atoms. The summed E-state index contributed by atoms with van der Waals surface area (Å²) in [5.74, 6) is 1.18. The van der Waals surface area contributed by atoms with Crippen LogP contribution in [0.4, 0.5) is 0 Å². The van der Waals surface area contributed by atoms with Crippen LogP contribution in [0.5, 0.6) is 0 Å². The molecule has 0 bridgehead atoms. The van der Waals surface area contributed by atoms with E-state index >= 15 is 0 Å². The minimum absolute atomic E-state index is 0.523. The van der Waals surface area contributed by atoms with Gasteiger partial charge in [-0.15, -0.1) is 0 Å². The largest absolute Gasteiger partial charge is 0.370 e.